The van der Waals surface area contributed by atoms with Crippen molar-refractivity contribution in [2.45, 2.75) is 0 Å². The number of allylic oxidation sites excluding steroid dienone is 1. The Hall–Kier alpha value is -3.54. The van der Waals surface area contributed by atoms with Crippen LogP contribution in [0, 0.1) is 21.4 Å². The molecule has 0 saturated carbocycles. The summed E-state index contributed by atoms with van der Waals surface area (Å²) in [4.78, 5) is 15.1. The topological polar surface area (TPSA) is 84.8 Å². The van der Waals surface area contributed by atoms with Crippen molar-refractivity contribution in [1.82, 2.24) is 9.55 Å². The van der Waals surface area contributed by atoms with E-state index in [0.717, 1.165) is 27.1 Å². The van der Waals surface area contributed by atoms with Gasteiger partial charge in [-0.1, -0.05) is 28.1 Å². The number of benzene rings is 2. The molecule has 146 valence electrons. The van der Waals surface area contributed by atoms with E-state index in [1.54, 1.807) is 18.2 Å². The molecule has 6 nitrogen and oxygen atoms in total. The van der Waals surface area contributed by atoms with E-state index in [2.05, 4.69) is 27.0 Å². The van der Waals surface area contributed by atoms with Crippen molar-refractivity contribution in [1.29, 1.82) is 5.26 Å². The predicted molar refractivity (Wildman–Crippen MR) is 121 cm³/mol. The maximum atomic E-state index is 10.9. The van der Waals surface area contributed by atoms with Crippen LogP contribution in [0.3, 0.4) is 0 Å². The van der Waals surface area contributed by atoms with Crippen molar-refractivity contribution in [3.8, 4) is 23.0 Å². The maximum Gasteiger partial charge on any atom is 0.269 e. The van der Waals surface area contributed by atoms with Gasteiger partial charge in [0.1, 0.15) is 11.1 Å². The number of nitriles is 1. The minimum absolute atomic E-state index is 0.0315. The van der Waals surface area contributed by atoms with Crippen LogP contribution >= 0.6 is 27.3 Å². The van der Waals surface area contributed by atoms with E-state index < -0.39 is 4.92 Å². The third-order valence-electron chi connectivity index (χ3n) is 4.41. The molecule has 30 heavy (non-hydrogen) atoms. The van der Waals surface area contributed by atoms with Crippen molar-refractivity contribution < 1.29 is 4.92 Å². The van der Waals surface area contributed by atoms with Crippen LogP contribution in [0.1, 0.15) is 10.7 Å². The highest BCUT2D eigenvalue weighted by atomic mass is 79.9. The maximum absolute atomic E-state index is 10.9. The average molecular weight is 477 g/mol. The lowest BCUT2D eigenvalue weighted by Crippen LogP contribution is -1.96. The van der Waals surface area contributed by atoms with Crippen molar-refractivity contribution in [2.24, 2.45) is 0 Å². The molecule has 0 N–H and O–H groups in total. The Morgan fingerprint density at radius 3 is 2.57 bits per heavy atom. The summed E-state index contributed by atoms with van der Waals surface area (Å²) in [5.41, 5.74) is 3.82. The summed E-state index contributed by atoms with van der Waals surface area (Å²) in [6, 6.07) is 20.1. The van der Waals surface area contributed by atoms with Gasteiger partial charge in [-0.3, -0.25) is 10.1 Å². The highest BCUT2D eigenvalue weighted by Gasteiger charge is 2.11. The first kappa shape index (κ1) is 19.8. The van der Waals surface area contributed by atoms with Crippen LogP contribution in [-0.2, 0) is 0 Å². The summed E-state index contributed by atoms with van der Waals surface area (Å²) < 4.78 is 2.86. The zero-order valence-corrected chi connectivity index (χ0v) is 17.8. The molecule has 0 atom stereocenters. The van der Waals surface area contributed by atoms with E-state index in [4.69, 9.17) is 0 Å². The Balaban J connectivity index is 1.66. The van der Waals surface area contributed by atoms with Gasteiger partial charge in [0, 0.05) is 45.1 Å². The Bertz CT molecular complexity index is 1280. The number of halogens is 1. The van der Waals surface area contributed by atoms with E-state index in [9.17, 15) is 15.4 Å². The Kier molecular flexibility index (Phi) is 5.57. The predicted octanol–water partition coefficient (Wildman–Crippen LogP) is 6.34. The molecular weight excluding hydrogens is 464 g/mol. The summed E-state index contributed by atoms with van der Waals surface area (Å²) in [5.74, 6) is 0. The van der Waals surface area contributed by atoms with Crippen molar-refractivity contribution in [3.63, 3.8) is 0 Å². The SMILES string of the molecule is N#C/C(=C/c1cccn1-c1ccc([N+](=O)[O-])cc1)c1nc(-c2ccc(Br)cc2)cs1. The molecule has 0 aliphatic heterocycles. The molecule has 0 aliphatic carbocycles. The zero-order valence-electron chi connectivity index (χ0n) is 15.4. The fraction of sp³-hybridized carbons (Fsp3) is 0. The first-order valence-electron chi connectivity index (χ1n) is 8.81. The molecule has 0 fully saturated rings. The molecule has 0 aliphatic rings. The molecule has 2 heterocycles. The average Bonchev–Trinajstić information content (AvgIpc) is 3.42. The largest absolute Gasteiger partial charge is 0.317 e. The smallest absolute Gasteiger partial charge is 0.269 e. The van der Waals surface area contributed by atoms with E-state index in [1.165, 1.54) is 23.5 Å². The van der Waals surface area contributed by atoms with Crippen LogP contribution in [0.5, 0.6) is 0 Å². The number of thiazole rings is 1. The van der Waals surface area contributed by atoms with Crippen LogP contribution in [0.4, 0.5) is 5.69 Å². The standard InChI is InChI=1S/C22H13BrN4O2S/c23-17-5-3-15(4-6-17)21-14-30-22(25-21)16(13-24)12-20-2-1-11-26(20)18-7-9-19(10-8-18)27(28)29/h1-12,14H/b16-12-. The van der Waals surface area contributed by atoms with Gasteiger partial charge in [0.2, 0.25) is 0 Å². The van der Waals surface area contributed by atoms with Gasteiger partial charge >= 0.3 is 0 Å². The number of hydrogen-bond acceptors (Lipinski definition) is 5. The molecule has 0 unspecified atom stereocenters. The third-order valence-corrected chi connectivity index (χ3v) is 5.81. The molecule has 0 radical (unpaired) electrons. The van der Waals surface area contributed by atoms with Gasteiger partial charge in [0.05, 0.1) is 16.2 Å². The van der Waals surface area contributed by atoms with Crippen LogP contribution in [0.15, 0.2) is 76.7 Å². The van der Waals surface area contributed by atoms with Crippen molar-refractivity contribution >= 4 is 44.6 Å². The summed E-state index contributed by atoms with van der Waals surface area (Å²) in [5, 5.41) is 23.1. The summed E-state index contributed by atoms with van der Waals surface area (Å²) >= 11 is 4.83. The van der Waals surface area contributed by atoms with Gasteiger partial charge in [-0.15, -0.1) is 11.3 Å². The molecule has 2 aromatic carbocycles. The van der Waals surface area contributed by atoms with Crippen molar-refractivity contribution in [3.05, 3.63) is 97.5 Å². The minimum atomic E-state index is -0.431. The first-order chi connectivity index (χ1) is 14.5. The van der Waals surface area contributed by atoms with Gasteiger partial charge in [0.15, 0.2) is 0 Å². The molecule has 0 bridgehead atoms. The summed E-state index contributed by atoms with van der Waals surface area (Å²) in [6.45, 7) is 0. The Morgan fingerprint density at radius 1 is 1.17 bits per heavy atom. The minimum Gasteiger partial charge on any atom is -0.317 e. The molecular formula is C22H13BrN4O2S. The van der Waals surface area contributed by atoms with Crippen LogP contribution in [-0.4, -0.2) is 14.5 Å². The molecule has 0 saturated heterocycles. The monoisotopic (exact) mass is 476 g/mol. The van der Waals surface area contributed by atoms with Gasteiger partial charge in [-0.05, 0) is 42.5 Å². The fourth-order valence-electron chi connectivity index (χ4n) is 2.92. The summed E-state index contributed by atoms with van der Waals surface area (Å²) in [7, 11) is 0. The molecule has 0 amide bonds. The number of nitro benzene ring substituents is 1. The van der Waals surface area contributed by atoms with Crippen LogP contribution < -0.4 is 0 Å². The van der Waals surface area contributed by atoms with Gasteiger partial charge in [0.25, 0.3) is 5.69 Å². The number of non-ortho nitro benzene ring substituents is 1. The Labute approximate surface area is 184 Å². The molecule has 4 rings (SSSR count). The molecule has 0 spiro atoms. The second-order valence-corrected chi connectivity index (χ2v) is 8.06. The number of rotatable bonds is 5. The van der Waals surface area contributed by atoms with E-state index in [1.807, 2.05) is 52.5 Å². The molecule has 2 aromatic heterocycles. The highest BCUT2D eigenvalue weighted by molar-refractivity contribution is 9.10. The quantitative estimate of drug-likeness (QED) is 0.191. The number of aromatic nitrogens is 2. The second kappa shape index (κ2) is 8.45. The van der Waals surface area contributed by atoms with Gasteiger partial charge in [-0.25, -0.2) is 4.98 Å². The lowest BCUT2D eigenvalue weighted by Gasteiger charge is -2.06. The molecule has 8 heteroatoms. The molecule has 4 aromatic rings. The normalized spacial score (nSPS) is 11.3. The second-order valence-electron chi connectivity index (χ2n) is 6.29. The van der Waals surface area contributed by atoms with Crippen molar-refractivity contribution in [2.75, 3.05) is 0 Å². The number of nitro groups is 1. The van der Waals surface area contributed by atoms with Gasteiger partial charge < -0.3 is 4.57 Å². The first-order valence-corrected chi connectivity index (χ1v) is 10.5. The van der Waals surface area contributed by atoms with Gasteiger partial charge in [-0.2, -0.15) is 5.26 Å². The van der Waals surface area contributed by atoms with Crippen LogP contribution in [0.2, 0.25) is 0 Å². The lowest BCUT2D eigenvalue weighted by molar-refractivity contribution is -0.384. The lowest BCUT2D eigenvalue weighted by atomic mass is 10.2. The third kappa shape index (κ3) is 4.08. The fourth-order valence-corrected chi connectivity index (χ4v) is 3.98. The highest BCUT2D eigenvalue weighted by Crippen LogP contribution is 2.28. The van der Waals surface area contributed by atoms with Crippen LogP contribution in [0.25, 0.3) is 28.6 Å². The van der Waals surface area contributed by atoms with E-state index in [-0.39, 0.29) is 5.69 Å². The van der Waals surface area contributed by atoms with E-state index >= 15 is 0 Å². The number of hydrogen-bond donors (Lipinski definition) is 0. The zero-order chi connectivity index (χ0) is 21.1. The number of nitrogens with zero attached hydrogens (tertiary/aromatic N) is 4. The Morgan fingerprint density at radius 2 is 1.90 bits per heavy atom. The van der Waals surface area contributed by atoms with E-state index in [0.29, 0.717) is 10.6 Å². The summed E-state index contributed by atoms with van der Waals surface area (Å²) in [6.07, 6.45) is 3.61.